The van der Waals surface area contributed by atoms with Crippen molar-refractivity contribution in [3.8, 4) is 0 Å². The molecule has 0 radical (unpaired) electrons. The molecule has 1 aromatic carbocycles. The van der Waals surface area contributed by atoms with Gasteiger partial charge < -0.3 is 10.6 Å². The molecule has 2 heterocycles. The lowest BCUT2D eigenvalue weighted by Crippen LogP contribution is -2.39. The van der Waals surface area contributed by atoms with E-state index in [2.05, 4.69) is 63.7 Å². The third kappa shape index (κ3) is 6.99. The fourth-order valence-electron chi connectivity index (χ4n) is 4.19. The summed E-state index contributed by atoms with van der Waals surface area (Å²) in [7, 11) is 3.76. The fourth-order valence-corrected chi connectivity index (χ4v) is 4.19. The number of piperidine rings is 1. The van der Waals surface area contributed by atoms with Crippen LogP contribution in [0.3, 0.4) is 0 Å². The van der Waals surface area contributed by atoms with Gasteiger partial charge in [-0.1, -0.05) is 38.1 Å². The topological polar surface area (TPSA) is 57.5 Å². The van der Waals surface area contributed by atoms with Gasteiger partial charge >= 0.3 is 0 Å². The Hall–Kier alpha value is -1.61. The monoisotopic (exact) mass is 510 g/mol. The summed E-state index contributed by atoms with van der Waals surface area (Å²) in [4.78, 5) is 6.96. The molecule has 0 saturated carbocycles. The van der Waals surface area contributed by atoms with Crippen LogP contribution >= 0.6 is 24.0 Å². The van der Waals surface area contributed by atoms with Gasteiger partial charge in [0.05, 0.1) is 12.2 Å². The first-order valence-corrected chi connectivity index (χ1v) is 10.3. The number of halogens is 1. The van der Waals surface area contributed by atoms with E-state index < -0.39 is 0 Å². The van der Waals surface area contributed by atoms with Crippen LogP contribution < -0.4 is 10.6 Å². The minimum absolute atomic E-state index is 0. The number of aliphatic imine (C=N–C) groups is 1. The molecule has 2 unspecified atom stereocenters. The number of likely N-dealkylation sites (tertiary alicyclic amines) is 1. The van der Waals surface area contributed by atoms with Gasteiger partial charge in [-0.2, -0.15) is 5.10 Å². The van der Waals surface area contributed by atoms with E-state index in [0.29, 0.717) is 6.54 Å². The van der Waals surface area contributed by atoms with E-state index in [1.165, 1.54) is 30.6 Å². The van der Waals surface area contributed by atoms with E-state index in [4.69, 9.17) is 0 Å². The standard InChI is InChI=1S/C22H34N6.HI/c1-17-11-18(2)15-28(14-17)16-20-8-6-5-7-19(20)12-24-22(23-3)25-13-21-9-10-26-27(21)4;/h5-10,17-18H,11-16H2,1-4H3,(H2,23,24,25);1H. The van der Waals surface area contributed by atoms with Crippen LogP contribution in [0.4, 0.5) is 0 Å². The van der Waals surface area contributed by atoms with Crippen LogP contribution in [0.1, 0.15) is 37.1 Å². The van der Waals surface area contributed by atoms with Crippen LogP contribution in [0.25, 0.3) is 0 Å². The summed E-state index contributed by atoms with van der Waals surface area (Å²) in [5.74, 6) is 2.37. The average Bonchev–Trinajstić information content (AvgIpc) is 3.07. The molecule has 1 aliphatic heterocycles. The molecule has 3 rings (SSSR count). The first-order valence-electron chi connectivity index (χ1n) is 10.3. The second kappa shape index (κ2) is 11.5. The van der Waals surface area contributed by atoms with Crippen LogP contribution in [0, 0.1) is 11.8 Å². The number of hydrogen-bond acceptors (Lipinski definition) is 3. The van der Waals surface area contributed by atoms with Crippen LogP contribution in [0.5, 0.6) is 0 Å². The van der Waals surface area contributed by atoms with Crippen molar-refractivity contribution in [1.82, 2.24) is 25.3 Å². The SMILES string of the molecule is CN=C(NCc1ccccc1CN1CC(C)CC(C)C1)NCc1ccnn1C.I. The van der Waals surface area contributed by atoms with E-state index in [1.54, 1.807) is 7.05 Å². The van der Waals surface area contributed by atoms with Gasteiger partial charge in [0.2, 0.25) is 0 Å². The number of hydrogen-bond donors (Lipinski definition) is 2. The Bertz CT molecular complexity index is 777. The number of benzene rings is 1. The lowest BCUT2D eigenvalue weighted by Gasteiger charge is -2.35. The molecule has 0 aliphatic carbocycles. The minimum atomic E-state index is 0. The molecule has 2 aromatic rings. The number of nitrogens with zero attached hydrogens (tertiary/aromatic N) is 4. The maximum absolute atomic E-state index is 4.35. The largest absolute Gasteiger partial charge is 0.352 e. The molecule has 7 heteroatoms. The predicted octanol–water partition coefficient (Wildman–Crippen LogP) is 3.38. The van der Waals surface area contributed by atoms with E-state index in [-0.39, 0.29) is 24.0 Å². The van der Waals surface area contributed by atoms with Crippen molar-refractivity contribution in [2.24, 2.45) is 23.9 Å². The van der Waals surface area contributed by atoms with Crippen molar-refractivity contribution in [3.63, 3.8) is 0 Å². The molecule has 6 nitrogen and oxygen atoms in total. The number of aromatic nitrogens is 2. The molecule has 160 valence electrons. The third-order valence-electron chi connectivity index (χ3n) is 5.49. The van der Waals surface area contributed by atoms with Gasteiger partial charge in [-0.25, -0.2) is 0 Å². The molecule has 0 amide bonds. The fraction of sp³-hybridized carbons (Fsp3) is 0.545. The molecule has 1 aromatic heterocycles. The highest BCUT2D eigenvalue weighted by molar-refractivity contribution is 14.0. The molecular weight excluding hydrogens is 475 g/mol. The molecule has 1 aliphatic rings. The van der Waals surface area contributed by atoms with Crippen molar-refractivity contribution in [1.29, 1.82) is 0 Å². The summed E-state index contributed by atoms with van der Waals surface area (Å²) in [5, 5.41) is 11.0. The van der Waals surface area contributed by atoms with E-state index >= 15 is 0 Å². The summed E-state index contributed by atoms with van der Waals surface area (Å²) in [6, 6.07) is 10.7. The molecular formula is C22H35IN6. The molecule has 29 heavy (non-hydrogen) atoms. The lowest BCUT2D eigenvalue weighted by atomic mass is 9.91. The predicted molar refractivity (Wildman–Crippen MR) is 130 cm³/mol. The van der Waals surface area contributed by atoms with Crippen LogP contribution in [-0.4, -0.2) is 40.8 Å². The van der Waals surface area contributed by atoms with Gasteiger partial charge in [-0.15, -0.1) is 24.0 Å². The Labute approximate surface area is 192 Å². The molecule has 2 N–H and O–H groups in total. The van der Waals surface area contributed by atoms with Gasteiger partial charge in [-0.05, 0) is 35.4 Å². The van der Waals surface area contributed by atoms with E-state index in [9.17, 15) is 0 Å². The summed E-state index contributed by atoms with van der Waals surface area (Å²) >= 11 is 0. The first kappa shape index (κ1) is 23.7. The van der Waals surface area contributed by atoms with Gasteiger partial charge in [0.1, 0.15) is 0 Å². The summed E-state index contributed by atoms with van der Waals surface area (Å²) < 4.78 is 1.87. The van der Waals surface area contributed by atoms with Crippen molar-refractivity contribution in [3.05, 3.63) is 53.3 Å². The van der Waals surface area contributed by atoms with Crippen molar-refractivity contribution in [2.45, 2.75) is 39.9 Å². The smallest absolute Gasteiger partial charge is 0.191 e. The number of guanidine groups is 1. The molecule has 2 atom stereocenters. The highest BCUT2D eigenvalue weighted by Crippen LogP contribution is 2.23. The Morgan fingerprint density at radius 1 is 1.07 bits per heavy atom. The zero-order valence-corrected chi connectivity index (χ0v) is 20.4. The zero-order chi connectivity index (χ0) is 19.9. The average molecular weight is 510 g/mol. The first-order chi connectivity index (χ1) is 13.5. The Morgan fingerprint density at radius 3 is 2.34 bits per heavy atom. The lowest BCUT2D eigenvalue weighted by molar-refractivity contribution is 0.134. The van der Waals surface area contributed by atoms with Crippen LogP contribution in [-0.2, 0) is 26.7 Å². The second-order valence-corrected chi connectivity index (χ2v) is 8.13. The zero-order valence-electron chi connectivity index (χ0n) is 18.1. The number of aryl methyl sites for hydroxylation is 1. The van der Waals surface area contributed by atoms with Crippen LogP contribution in [0.15, 0.2) is 41.5 Å². The Kier molecular flexibility index (Phi) is 9.42. The summed E-state index contributed by atoms with van der Waals surface area (Å²) in [5.41, 5.74) is 3.85. The maximum Gasteiger partial charge on any atom is 0.191 e. The van der Waals surface area contributed by atoms with E-state index in [1.807, 2.05) is 24.0 Å². The van der Waals surface area contributed by atoms with Crippen molar-refractivity contribution >= 4 is 29.9 Å². The molecule has 1 saturated heterocycles. The normalized spacial score (nSPS) is 20.2. The quantitative estimate of drug-likeness (QED) is 0.356. The molecule has 0 spiro atoms. The van der Waals surface area contributed by atoms with Gasteiger partial charge in [0.25, 0.3) is 0 Å². The number of nitrogens with one attached hydrogen (secondary N) is 2. The van der Waals surface area contributed by atoms with Crippen molar-refractivity contribution < 1.29 is 0 Å². The second-order valence-electron chi connectivity index (χ2n) is 8.13. The number of rotatable bonds is 6. The van der Waals surface area contributed by atoms with Crippen LogP contribution in [0.2, 0.25) is 0 Å². The van der Waals surface area contributed by atoms with Gasteiger partial charge in [0.15, 0.2) is 5.96 Å². The molecule has 0 bridgehead atoms. The summed E-state index contributed by atoms with van der Waals surface area (Å²) in [6.45, 7) is 9.61. The van der Waals surface area contributed by atoms with Gasteiger partial charge in [-0.3, -0.25) is 14.6 Å². The third-order valence-corrected chi connectivity index (χ3v) is 5.49. The van der Waals surface area contributed by atoms with Gasteiger partial charge in [0, 0.05) is 46.5 Å². The maximum atomic E-state index is 4.35. The van der Waals surface area contributed by atoms with Crippen molar-refractivity contribution in [2.75, 3.05) is 20.1 Å². The molecule has 1 fully saturated rings. The Morgan fingerprint density at radius 2 is 1.72 bits per heavy atom. The minimum Gasteiger partial charge on any atom is -0.352 e. The van der Waals surface area contributed by atoms with E-state index in [0.717, 1.165) is 36.6 Å². The highest BCUT2D eigenvalue weighted by Gasteiger charge is 2.22. The summed E-state index contributed by atoms with van der Waals surface area (Å²) in [6.07, 6.45) is 3.16. The Balaban J connectivity index is 0.00000300. The highest BCUT2D eigenvalue weighted by atomic mass is 127.